The largest absolute Gasteiger partial charge is 0.481 e. The quantitative estimate of drug-likeness (QED) is 0.667. The fraction of sp³-hybridized carbons (Fsp3) is 0.200. The van der Waals surface area contributed by atoms with Crippen molar-refractivity contribution in [1.82, 2.24) is 19.7 Å². The van der Waals surface area contributed by atoms with Crippen molar-refractivity contribution < 1.29 is 9.53 Å². The monoisotopic (exact) mass is 267 g/mol. The van der Waals surface area contributed by atoms with E-state index in [9.17, 15) is 4.79 Å². The van der Waals surface area contributed by atoms with Crippen LogP contribution in [-0.4, -0.2) is 33.1 Å². The summed E-state index contributed by atoms with van der Waals surface area (Å²) in [6.07, 6.45) is 1.85. The van der Waals surface area contributed by atoms with Gasteiger partial charge in [0.25, 0.3) is 0 Å². The van der Waals surface area contributed by atoms with Crippen LogP contribution in [0, 0.1) is 0 Å². The van der Waals surface area contributed by atoms with Gasteiger partial charge in [0.15, 0.2) is 12.1 Å². The molecule has 0 saturated heterocycles. The maximum Gasteiger partial charge on any atom is 0.213 e. The molecule has 2 aromatic rings. The van der Waals surface area contributed by atoms with E-state index in [4.69, 9.17) is 16.3 Å². The van der Waals surface area contributed by atoms with Gasteiger partial charge in [0.2, 0.25) is 5.88 Å². The molecule has 7 nitrogen and oxygen atoms in total. The minimum Gasteiger partial charge on any atom is -0.481 e. The van der Waals surface area contributed by atoms with Crippen LogP contribution in [0.4, 0.5) is 11.6 Å². The Morgan fingerprint density at radius 3 is 2.89 bits per heavy atom. The second kappa shape index (κ2) is 5.01. The first kappa shape index (κ1) is 12.3. The van der Waals surface area contributed by atoms with Crippen molar-refractivity contribution in [2.75, 3.05) is 12.4 Å². The van der Waals surface area contributed by atoms with E-state index in [2.05, 4.69) is 20.4 Å². The van der Waals surface area contributed by atoms with Gasteiger partial charge in [0.05, 0.1) is 12.7 Å². The number of nitrogens with zero attached hydrogens (tertiary/aromatic N) is 4. The SMILES string of the molecule is COc1cc(Nc2ncnc(Cl)c2C=O)nn1C. The summed E-state index contributed by atoms with van der Waals surface area (Å²) in [5.74, 6) is 1.36. The van der Waals surface area contributed by atoms with Gasteiger partial charge in [-0.3, -0.25) is 4.79 Å². The summed E-state index contributed by atoms with van der Waals surface area (Å²) in [6, 6.07) is 1.67. The van der Waals surface area contributed by atoms with Gasteiger partial charge in [0, 0.05) is 13.1 Å². The molecule has 0 aromatic carbocycles. The highest BCUT2D eigenvalue weighted by atomic mass is 35.5. The summed E-state index contributed by atoms with van der Waals surface area (Å²) >= 11 is 5.79. The Hall–Kier alpha value is -2.15. The molecular weight excluding hydrogens is 258 g/mol. The maximum atomic E-state index is 10.9. The fourth-order valence-corrected chi connectivity index (χ4v) is 1.58. The van der Waals surface area contributed by atoms with Crippen LogP contribution in [0.3, 0.4) is 0 Å². The van der Waals surface area contributed by atoms with Crippen molar-refractivity contribution in [3.63, 3.8) is 0 Å². The lowest BCUT2D eigenvalue weighted by molar-refractivity contribution is 0.112. The number of rotatable bonds is 4. The first-order chi connectivity index (χ1) is 8.65. The van der Waals surface area contributed by atoms with Gasteiger partial charge in [0.1, 0.15) is 17.3 Å². The summed E-state index contributed by atoms with van der Waals surface area (Å²) in [5, 5.41) is 7.11. The highest BCUT2D eigenvalue weighted by molar-refractivity contribution is 6.32. The number of aromatic nitrogens is 4. The van der Waals surface area contributed by atoms with Crippen LogP contribution in [0.15, 0.2) is 12.4 Å². The number of aldehydes is 1. The maximum absolute atomic E-state index is 10.9. The van der Waals surface area contributed by atoms with Gasteiger partial charge in [-0.2, -0.15) is 5.10 Å². The molecule has 0 aliphatic carbocycles. The molecule has 0 spiro atoms. The number of ether oxygens (including phenoxy) is 1. The van der Waals surface area contributed by atoms with Gasteiger partial charge in [-0.1, -0.05) is 11.6 Å². The predicted molar refractivity (Wildman–Crippen MR) is 65.5 cm³/mol. The molecule has 2 heterocycles. The molecule has 0 unspecified atom stereocenters. The zero-order chi connectivity index (χ0) is 13.1. The molecule has 0 aliphatic heterocycles. The van der Waals surface area contributed by atoms with Crippen LogP contribution in [0.25, 0.3) is 0 Å². The average Bonchev–Trinajstić information content (AvgIpc) is 2.70. The molecule has 0 atom stereocenters. The topological polar surface area (TPSA) is 81.9 Å². The zero-order valence-electron chi connectivity index (χ0n) is 9.72. The summed E-state index contributed by atoms with van der Waals surface area (Å²) in [6.45, 7) is 0. The second-order valence-corrected chi connectivity index (χ2v) is 3.72. The standard InChI is InChI=1S/C10H10ClN5O2/c1-16-8(18-2)3-7(15-16)14-10-6(4-17)9(11)12-5-13-10/h3-5H,1-2H3,(H,12,13,14,15). The Kier molecular flexibility index (Phi) is 3.42. The fourth-order valence-electron chi connectivity index (χ4n) is 1.40. The summed E-state index contributed by atoms with van der Waals surface area (Å²) in [4.78, 5) is 18.6. The first-order valence-electron chi connectivity index (χ1n) is 4.96. The number of carbonyl (C=O) groups is 1. The number of nitrogens with one attached hydrogen (secondary N) is 1. The van der Waals surface area contributed by atoms with Gasteiger partial charge in [-0.25, -0.2) is 14.6 Å². The Labute approximate surface area is 108 Å². The van der Waals surface area contributed by atoms with Crippen LogP contribution in [-0.2, 0) is 7.05 Å². The molecule has 8 heteroatoms. The van der Waals surface area contributed by atoms with E-state index in [1.807, 2.05) is 0 Å². The summed E-state index contributed by atoms with van der Waals surface area (Å²) in [7, 11) is 3.27. The van der Waals surface area contributed by atoms with Crippen molar-refractivity contribution in [2.24, 2.45) is 7.05 Å². The number of anilines is 2. The third-order valence-corrected chi connectivity index (χ3v) is 2.55. The average molecular weight is 268 g/mol. The van der Waals surface area contributed by atoms with Crippen molar-refractivity contribution in [2.45, 2.75) is 0 Å². The molecule has 0 saturated carbocycles. The van der Waals surface area contributed by atoms with E-state index in [0.717, 1.165) is 0 Å². The third-order valence-electron chi connectivity index (χ3n) is 2.25. The molecule has 2 aromatic heterocycles. The lowest BCUT2D eigenvalue weighted by atomic mass is 10.3. The van der Waals surface area contributed by atoms with Crippen LogP contribution in [0.2, 0.25) is 5.15 Å². The number of aryl methyl sites for hydroxylation is 1. The molecule has 1 N–H and O–H groups in total. The molecule has 2 rings (SSSR count). The number of carbonyl (C=O) groups excluding carboxylic acids is 1. The molecule has 0 radical (unpaired) electrons. The van der Waals surface area contributed by atoms with E-state index < -0.39 is 0 Å². The van der Waals surface area contributed by atoms with Crippen LogP contribution in [0.1, 0.15) is 10.4 Å². The normalized spacial score (nSPS) is 10.2. The first-order valence-corrected chi connectivity index (χ1v) is 5.34. The van der Waals surface area contributed by atoms with Gasteiger partial charge in [-0.15, -0.1) is 0 Å². The lowest BCUT2D eigenvalue weighted by Gasteiger charge is -2.04. The van der Waals surface area contributed by atoms with Crippen molar-refractivity contribution in [1.29, 1.82) is 0 Å². The Bertz CT molecular complexity index is 584. The highest BCUT2D eigenvalue weighted by Gasteiger charge is 2.11. The molecular formula is C10H10ClN5O2. The molecule has 94 valence electrons. The van der Waals surface area contributed by atoms with Crippen LogP contribution >= 0.6 is 11.6 Å². The molecule has 18 heavy (non-hydrogen) atoms. The summed E-state index contributed by atoms with van der Waals surface area (Å²) < 4.78 is 6.62. The van der Waals surface area contributed by atoms with Crippen molar-refractivity contribution in [3.05, 3.63) is 23.1 Å². The number of hydrogen-bond acceptors (Lipinski definition) is 6. The van der Waals surface area contributed by atoms with Gasteiger partial charge < -0.3 is 10.1 Å². The van der Waals surface area contributed by atoms with Gasteiger partial charge in [-0.05, 0) is 0 Å². The minimum absolute atomic E-state index is 0.0883. The van der Waals surface area contributed by atoms with Crippen LogP contribution in [0.5, 0.6) is 5.88 Å². The van der Waals surface area contributed by atoms with Gasteiger partial charge >= 0.3 is 0 Å². The second-order valence-electron chi connectivity index (χ2n) is 3.37. The van der Waals surface area contributed by atoms with Crippen LogP contribution < -0.4 is 10.1 Å². The summed E-state index contributed by atoms with van der Waals surface area (Å²) in [5.41, 5.74) is 0.184. The number of hydrogen-bond donors (Lipinski definition) is 1. The van der Waals surface area contributed by atoms with Crippen molar-refractivity contribution >= 4 is 29.5 Å². The molecule has 0 bridgehead atoms. The molecule has 0 fully saturated rings. The van der Waals surface area contributed by atoms with E-state index in [-0.39, 0.29) is 10.7 Å². The highest BCUT2D eigenvalue weighted by Crippen LogP contribution is 2.23. The number of halogens is 1. The third kappa shape index (κ3) is 2.25. The number of methoxy groups -OCH3 is 1. The minimum atomic E-state index is 0.0883. The Morgan fingerprint density at radius 1 is 1.50 bits per heavy atom. The lowest BCUT2D eigenvalue weighted by Crippen LogP contribution is -2.01. The van der Waals surface area contributed by atoms with E-state index in [1.54, 1.807) is 24.9 Å². The Balaban J connectivity index is 2.33. The van der Waals surface area contributed by atoms with Crippen molar-refractivity contribution in [3.8, 4) is 5.88 Å². The zero-order valence-corrected chi connectivity index (χ0v) is 10.5. The van der Waals surface area contributed by atoms with E-state index in [0.29, 0.717) is 23.8 Å². The molecule has 0 amide bonds. The predicted octanol–water partition coefficient (Wildman–Crippen LogP) is 1.43. The van der Waals surface area contributed by atoms with E-state index in [1.165, 1.54) is 6.33 Å². The Morgan fingerprint density at radius 2 is 2.28 bits per heavy atom. The van der Waals surface area contributed by atoms with E-state index >= 15 is 0 Å². The molecule has 0 aliphatic rings. The smallest absolute Gasteiger partial charge is 0.213 e.